The first kappa shape index (κ1) is 14.7. The molecular formula is C16H16N4O. The van der Waals surface area contributed by atoms with Crippen molar-refractivity contribution in [2.24, 2.45) is 5.73 Å². The molecule has 0 saturated carbocycles. The summed E-state index contributed by atoms with van der Waals surface area (Å²) in [5.41, 5.74) is 8.28. The van der Waals surface area contributed by atoms with E-state index in [1.165, 1.54) is 0 Å². The topological polar surface area (TPSA) is 80.9 Å². The summed E-state index contributed by atoms with van der Waals surface area (Å²) in [4.78, 5) is 20.5. The molecule has 0 radical (unpaired) electrons. The number of hydrogen-bond acceptors (Lipinski definition) is 4. The van der Waals surface area contributed by atoms with Crippen LogP contribution in [0.2, 0.25) is 0 Å². The normalized spacial score (nSPS) is 9.67. The molecule has 0 bridgehead atoms. The van der Waals surface area contributed by atoms with Crippen molar-refractivity contribution in [2.45, 2.75) is 13.8 Å². The van der Waals surface area contributed by atoms with E-state index in [-0.39, 0.29) is 5.91 Å². The van der Waals surface area contributed by atoms with Gasteiger partial charge in [-0.05, 0) is 44.2 Å². The van der Waals surface area contributed by atoms with Crippen LogP contribution in [0.3, 0.4) is 0 Å². The van der Waals surface area contributed by atoms with Crippen LogP contribution in [0.25, 0.3) is 0 Å². The summed E-state index contributed by atoms with van der Waals surface area (Å²) in [6.07, 6.45) is 0. The van der Waals surface area contributed by atoms with E-state index in [0.717, 1.165) is 17.0 Å². The number of anilines is 1. The summed E-state index contributed by atoms with van der Waals surface area (Å²) < 4.78 is 0. The SMILES string of the molecule is Cc1cc(C)nc(NC(=O)c2ccc(C#CCN)cc2)n1. The first-order chi connectivity index (χ1) is 10.1. The molecule has 0 aliphatic heterocycles. The maximum absolute atomic E-state index is 12.1. The number of hydrogen-bond donors (Lipinski definition) is 2. The van der Waals surface area contributed by atoms with Crippen LogP contribution in [0.1, 0.15) is 27.3 Å². The number of carbonyl (C=O) groups is 1. The molecule has 0 fully saturated rings. The predicted octanol–water partition coefficient (Wildman–Crippen LogP) is 1.66. The Labute approximate surface area is 123 Å². The van der Waals surface area contributed by atoms with Crippen LogP contribution >= 0.6 is 0 Å². The van der Waals surface area contributed by atoms with Gasteiger partial charge in [-0.2, -0.15) is 0 Å². The van der Waals surface area contributed by atoms with Gasteiger partial charge in [-0.3, -0.25) is 10.1 Å². The number of amides is 1. The molecule has 5 heteroatoms. The Hall–Kier alpha value is -2.71. The summed E-state index contributed by atoms with van der Waals surface area (Å²) in [6, 6.07) is 8.82. The van der Waals surface area contributed by atoms with Crippen LogP contribution in [0.15, 0.2) is 30.3 Å². The zero-order chi connectivity index (χ0) is 15.2. The van der Waals surface area contributed by atoms with Crippen LogP contribution in [0.5, 0.6) is 0 Å². The van der Waals surface area contributed by atoms with E-state index in [1.807, 2.05) is 19.9 Å². The van der Waals surface area contributed by atoms with Crippen molar-refractivity contribution < 1.29 is 4.79 Å². The molecule has 3 N–H and O–H groups in total. The van der Waals surface area contributed by atoms with Crippen molar-refractivity contribution in [1.82, 2.24) is 9.97 Å². The van der Waals surface area contributed by atoms with Crippen LogP contribution in [0.4, 0.5) is 5.95 Å². The summed E-state index contributed by atoms with van der Waals surface area (Å²) >= 11 is 0. The molecule has 0 aliphatic rings. The predicted molar refractivity (Wildman–Crippen MR) is 81.8 cm³/mol. The lowest BCUT2D eigenvalue weighted by Gasteiger charge is -2.05. The van der Waals surface area contributed by atoms with Crippen molar-refractivity contribution in [3.05, 3.63) is 52.8 Å². The number of carbonyl (C=O) groups excluding carboxylic acids is 1. The van der Waals surface area contributed by atoms with Gasteiger partial charge in [0.05, 0.1) is 6.54 Å². The second kappa shape index (κ2) is 6.64. The number of aromatic nitrogens is 2. The molecule has 0 atom stereocenters. The number of rotatable bonds is 2. The highest BCUT2D eigenvalue weighted by Crippen LogP contribution is 2.08. The van der Waals surface area contributed by atoms with Crippen molar-refractivity contribution in [3.8, 4) is 11.8 Å². The Morgan fingerprint density at radius 3 is 2.38 bits per heavy atom. The second-order valence-corrected chi connectivity index (χ2v) is 4.51. The third-order valence-corrected chi connectivity index (χ3v) is 2.69. The lowest BCUT2D eigenvalue weighted by atomic mass is 10.1. The van der Waals surface area contributed by atoms with E-state index in [1.54, 1.807) is 24.3 Å². The standard InChI is InChI=1S/C16H16N4O/c1-11-10-12(2)19-16(18-11)20-15(21)14-7-5-13(6-8-14)4-3-9-17/h5-8,10H,9,17H2,1-2H3,(H,18,19,20,21). The third kappa shape index (κ3) is 4.13. The van der Waals surface area contributed by atoms with Crippen molar-refractivity contribution in [3.63, 3.8) is 0 Å². The van der Waals surface area contributed by atoms with Crippen LogP contribution in [-0.4, -0.2) is 22.4 Å². The molecule has 1 aromatic carbocycles. The van der Waals surface area contributed by atoms with Gasteiger partial charge in [0.1, 0.15) is 0 Å². The lowest BCUT2D eigenvalue weighted by Crippen LogP contribution is -2.14. The molecule has 5 nitrogen and oxygen atoms in total. The van der Waals surface area contributed by atoms with Gasteiger partial charge in [-0.25, -0.2) is 9.97 Å². The van der Waals surface area contributed by atoms with E-state index >= 15 is 0 Å². The zero-order valence-electron chi connectivity index (χ0n) is 12.0. The molecular weight excluding hydrogens is 264 g/mol. The van der Waals surface area contributed by atoms with Crippen LogP contribution in [0, 0.1) is 25.7 Å². The smallest absolute Gasteiger partial charge is 0.258 e. The maximum Gasteiger partial charge on any atom is 0.258 e. The highest BCUT2D eigenvalue weighted by atomic mass is 16.1. The molecule has 0 spiro atoms. The van der Waals surface area contributed by atoms with E-state index in [0.29, 0.717) is 18.1 Å². The molecule has 21 heavy (non-hydrogen) atoms. The fraction of sp³-hybridized carbons (Fsp3) is 0.188. The molecule has 2 aromatic rings. The minimum atomic E-state index is -0.252. The zero-order valence-corrected chi connectivity index (χ0v) is 12.0. The van der Waals surface area contributed by atoms with Crippen molar-refractivity contribution in [2.75, 3.05) is 11.9 Å². The van der Waals surface area contributed by atoms with Crippen LogP contribution in [-0.2, 0) is 0 Å². The average molecular weight is 280 g/mol. The van der Waals surface area contributed by atoms with E-state index < -0.39 is 0 Å². The van der Waals surface area contributed by atoms with Crippen LogP contribution < -0.4 is 11.1 Å². The summed E-state index contributed by atoms with van der Waals surface area (Å²) in [5.74, 6) is 5.72. The minimum Gasteiger partial charge on any atom is -0.320 e. The third-order valence-electron chi connectivity index (χ3n) is 2.69. The first-order valence-corrected chi connectivity index (χ1v) is 6.51. The molecule has 106 valence electrons. The van der Waals surface area contributed by atoms with Crippen molar-refractivity contribution >= 4 is 11.9 Å². The minimum absolute atomic E-state index is 0.252. The molecule has 2 rings (SSSR count). The number of nitrogens with two attached hydrogens (primary N) is 1. The molecule has 0 unspecified atom stereocenters. The molecule has 0 aliphatic carbocycles. The second-order valence-electron chi connectivity index (χ2n) is 4.51. The average Bonchev–Trinajstić information content (AvgIpc) is 2.44. The first-order valence-electron chi connectivity index (χ1n) is 6.51. The Bertz CT molecular complexity index is 691. The quantitative estimate of drug-likeness (QED) is 0.820. The number of aryl methyl sites for hydroxylation is 2. The lowest BCUT2D eigenvalue weighted by molar-refractivity contribution is 0.102. The van der Waals surface area contributed by atoms with Gasteiger partial charge >= 0.3 is 0 Å². The molecule has 1 aromatic heterocycles. The Morgan fingerprint density at radius 2 is 1.81 bits per heavy atom. The number of nitrogens with one attached hydrogen (secondary N) is 1. The van der Waals surface area contributed by atoms with Gasteiger partial charge in [-0.1, -0.05) is 11.8 Å². The van der Waals surface area contributed by atoms with Crippen molar-refractivity contribution in [1.29, 1.82) is 0 Å². The highest BCUT2D eigenvalue weighted by molar-refractivity contribution is 6.03. The Balaban J connectivity index is 2.13. The molecule has 1 heterocycles. The summed E-state index contributed by atoms with van der Waals surface area (Å²) in [7, 11) is 0. The largest absolute Gasteiger partial charge is 0.320 e. The maximum atomic E-state index is 12.1. The Kier molecular flexibility index (Phi) is 4.64. The summed E-state index contributed by atoms with van der Waals surface area (Å²) in [6.45, 7) is 4.02. The van der Waals surface area contributed by atoms with Gasteiger partial charge in [0.15, 0.2) is 0 Å². The monoisotopic (exact) mass is 280 g/mol. The van der Waals surface area contributed by atoms with E-state index in [4.69, 9.17) is 5.73 Å². The highest BCUT2D eigenvalue weighted by Gasteiger charge is 2.08. The number of benzene rings is 1. The van der Waals surface area contributed by atoms with Gasteiger partial charge < -0.3 is 5.73 Å². The number of nitrogens with zero attached hydrogens (tertiary/aromatic N) is 2. The van der Waals surface area contributed by atoms with Gasteiger partial charge in [0, 0.05) is 22.5 Å². The van der Waals surface area contributed by atoms with E-state index in [9.17, 15) is 4.79 Å². The van der Waals surface area contributed by atoms with Gasteiger partial charge in [0.2, 0.25) is 5.95 Å². The fourth-order valence-electron chi connectivity index (χ4n) is 1.81. The Morgan fingerprint density at radius 1 is 1.19 bits per heavy atom. The summed E-state index contributed by atoms with van der Waals surface area (Å²) in [5, 5.41) is 2.69. The fourth-order valence-corrected chi connectivity index (χ4v) is 1.81. The van der Waals surface area contributed by atoms with Gasteiger partial charge in [0.25, 0.3) is 5.91 Å². The van der Waals surface area contributed by atoms with E-state index in [2.05, 4.69) is 27.1 Å². The molecule has 1 amide bonds. The van der Waals surface area contributed by atoms with Gasteiger partial charge in [-0.15, -0.1) is 0 Å². The molecule has 0 saturated heterocycles.